The molecule has 0 amide bonds. The lowest BCUT2D eigenvalue weighted by atomic mass is 10.2. The second kappa shape index (κ2) is 6.25. The Kier molecular flexibility index (Phi) is 4.40. The topological polar surface area (TPSA) is 105 Å². The Bertz CT molecular complexity index is 774. The number of rotatable bonds is 5. The van der Waals surface area contributed by atoms with Gasteiger partial charge in [-0.05, 0) is 12.1 Å². The number of pyridine rings is 1. The first kappa shape index (κ1) is 15.5. The van der Waals surface area contributed by atoms with Gasteiger partial charge in [-0.2, -0.15) is 0 Å². The normalized spacial score (nSPS) is 10.5. The van der Waals surface area contributed by atoms with Crippen molar-refractivity contribution in [2.45, 2.75) is 19.9 Å². The van der Waals surface area contributed by atoms with Crippen LogP contribution < -0.4 is 5.56 Å². The summed E-state index contributed by atoms with van der Waals surface area (Å²) in [5, 5.41) is 10.8. The van der Waals surface area contributed by atoms with Crippen LogP contribution in [0.5, 0.6) is 0 Å². The molecule has 0 N–H and O–H groups in total. The van der Waals surface area contributed by atoms with Crippen LogP contribution in [0.1, 0.15) is 28.8 Å². The number of nitrogens with zero attached hydrogens (tertiary/aromatic N) is 2. The Morgan fingerprint density at radius 1 is 1.50 bits per heavy atom. The van der Waals surface area contributed by atoms with Gasteiger partial charge in [-0.3, -0.25) is 14.9 Å². The predicted octanol–water partition coefficient (Wildman–Crippen LogP) is 1.75. The summed E-state index contributed by atoms with van der Waals surface area (Å²) >= 11 is 0. The van der Waals surface area contributed by atoms with Crippen LogP contribution in [0.15, 0.2) is 33.6 Å². The molecule has 2 rings (SSSR count). The Labute approximate surface area is 125 Å². The molecule has 22 heavy (non-hydrogen) atoms. The maximum absolute atomic E-state index is 12.0. The predicted molar refractivity (Wildman–Crippen MR) is 75.9 cm³/mol. The van der Waals surface area contributed by atoms with E-state index in [-0.39, 0.29) is 12.3 Å². The molecular formula is C14H14N2O6. The third-order valence-corrected chi connectivity index (χ3v) is 3.14. The van der Waals surface area contributed by atoms with Crippen LogP contribution in [-0.4, -0.2) is 22.6 Å². The zero-order valence-corrected chi connectivity index (χ0v) is 12.1. The van der Waals surface area contributed by atoms with Crippen LogP contribution in [0.25, 0.3) is 0 Å². The van der Waals surface area contributed by atoms with Crippen LogP contribution in [-0.2, 0) is 17.7 Å². The molecule has 0 aliphatic heterocycles. The number of hydrogen-bond donors (Lipinski definition) is 0. The second-order valence-corrected chi connectivity index (χ2v) is 4.49. The largest absolute Gasteiger partial charge is 0.463 e. The molecule has 0 fully saturated rings. The van der Waals surface area contributed by atoms with Crippen molar-refractivity contribution in [1.29, 1.82) is 0 Å². The minimum Gasteiger partial charge on any atom is -0.463 e. The van der Waals surface area contributed by atoms with Gasteiger partial charge < -0.3 is 13.7 Å². The minimum absolute atomic E-state index is 0.0350. The number of ether oxygens (including phenoxy) is 1. The van der Waals surface area contributed by atoms with Crippen molar-refractivity contribution in [2.24, 2.45) is 0 Å². The number of esters is 1. The van der Waals surface area contributed by atoms with E-state index in [1.807, 2.05) is 6.92 Å². The van der Waals surface area contributed by atoms with E-state index in [0.717, 1.165) is 6.07 Å². The molecule has 2 heterocycles. The maximum atomic E-state index is 12.0. The SMILES string of the molecule is CCc1oc(C(=O)OC)cc1Cn1cccc([N+](=O)[O-])c1=O. The monoisotopic (exact) mass is 306 g/mol. The minimum atomic E-state index is -0.727. The first-order valence-electron chi connectivity index (χ1n) is 6.51. The van der Waals surface area contributed by atoms with Gasteiger partial charge in [0, 0.05) is 24.2 Å². The molecular weight excluding hydrogens is 292 g/mol. The number of methoxy groups -OCH3 is 1. The van der Waals surface area contributed by atoms with Crippen LogP contribution in [0.2, 0.25) is 0 Å². The van der Waals surface area contributed by atoms with Crippen molar-refractivity contribution in [3.8, 4) is 0 Å². The lowest BCUT2D eigenvalue weighted by Crippen LogP contribution is -2.22. The van der Waals surface area contributed by atoms with E-state index in [2.05, 4.69) is 4.74 Å². The van der Waals surface area contributed by atoms with Gasteiger partial charge >= 0.3 is 17.2 Å². The van der Waals surface area contributed by atoms with Crippen LogP contribution in [0.3, 0.4) is 0 Å². The van der Waals surface area contributed by atoms with Crippen LogP contribution in [0, 0.1) is 10.1 Å². The fourth-order valence-electron chi connectivity index (χ4n) is 2.07. The van der Waals surface area contributed by atoms with E-state index in [0.29, 0.717) is 17.7 Å². The summed E-state index contributed by atoms with van der Waals surface area (Å²) in [5.41, 5.74) is -0.613. The summed E-state index contributed by atoms with van der Waals surface area (Å²) in [6, 6.07) is 4.05. The van der Waals surface area contributed by atoms with Crippen molar-refractivity contribution in [2.75, 3.05) is 7.11 Å². The van der Waals surface area contributed by atoms with Gasteiger partial charge in [0.25, 0.3) is 0 Å². The molecule has 0 aliphatic carbocycles. The lowest BCUT2D eigenvalue weighted by molar-refractivity contribution is -0.386. The summed E-state index contributed by atoms with van der Waals surface area (Å²) in [6.07, 6.45) is 1.95. The van der Waals surface area contributed by atoms with E-state index in [1.54, 1.807) is 0 Å². The van der Waals surface area contributed by atoms with Crippen molar-refractivity contribution in [3.05, 3.63) is 61.9 Å². The Balaban J connectivity index is 2.41. The summed E-state index contributed by atoms with van der Waals surface area (Å²) in [7, 11) is 1.24. The van der Waals surface area contributed by atoms with Gasteiger partial charge in [0.1, 0.15) is 5.76 Å². The zero-order chi connectivity index (χ0) is 16.3. The van der Waals surface area contributed by atoms with Gasteiger partial charge in [-0.25, -0.2) is 4.79 Å². The number of furan rings is 1. The molecule has 2 aromatic heterocycles. The molecule has 8 nitrogen and oxygen atoms in total. The number of carbonyl (C=O) groups excluding carboxylic acids is 1. The van der Waals surface area contributed by atoms with Crippen molar-refractivity contribution >= 4 is 11.7 Å². The molecule has 0 unspecified atom stereocenters. The molecule has 0 radical (unpaired) electrons. The summed E-state index contributed by atoms with van der Waals surface area (Å²) in [4.78, 5) is 33.6. The van der Waals surface area contributed by atoms with Gasteiger partial charge in [-0.15, -0.1) is 0 Å². The quantitative estimate of drug-likeness (QED) is 0.473. The molecule has 0 aromatic carbocycles. The molecule has 0 bridgehead atoms. The van der Waals surface area contributed by atoms with Gasteiger partial charge in [0.05, 0.1) is 18.6 Å². The molecule has 0 atom stereocenters. The highest BCUT2D eigenvalue weighted by molar-refractivity contribution is 5.86. The summed E-state index contributed by atoms with van der Waals surface area (Å²) in [6.45, 7) is 1.91. The average molecular weight is 306 g/mol. The fourth-order valence-corrected chi connectivity index (χ4v) is 2.07. The molecule has 2 aromatic rings. The summed E-state index contributed by atoms with van der Waals surface area (Å²) in [5.74, 6) is -0.0565. The van der Waals surface area contributed by atoms with E-state index in [1.165, 1.54) is 30.0 Å². The van der Waals surface area contributed by atoms with Gasteiger partial charge in [0.2, 0.25) is 5.76 Å². The lowest BCUT2D eigenvalue weighted by Gasteiger charge is -2.04. The number of nitro groups is 1. The second-order valence-electron chi connectivity index (χ2n) is 4.49. The van der Waals surface area contributed by atoms with Crippen molar-refractivity contribution in [3.63, 3.8) is 0 Å². The smallest absolute Gasteiger partial charge is 0.373 e. The maximum Gasteiger partial charge on any atom is 0.373 e. The van der Waals surface area contributed by atoms with Crippen LogP contribution >= 0.6 is 0 Å². The zero-order valence-electron chi connectivity index (χ0n) is 12.1. The molecule has 0 aliphatic rings. The van der Waals surface area contributed by atoms with Crippen molar-refractivity contribution < 1.29 is 18.9 Å². The molecule has 8 heteroatoms. The first-order chi connectivity index (χ1) is 10.5. The van der Waals surface area contributed by atoms with Gasteiger partial charge in [-0.1, -0.05) is 6.92 Å². The molecule has 116 valence electrons. The molecule has 0 spiro atoms. The number of aryl methyl sites for hydroxylation is 1. The Hall–Kier alpha value is -2.90. The third kappa shape index (κ3) is 2.90. The van der Waals surface area contributed by atoms with Gasteiger partial charge in [0.15, 0.2) is 0 Å². The van der Waals surface area contributed by atoms with Crippen LogP contribution in [0.4, 0.5) is 5.69 Å². The number of hydrogen-bond acceptors (Lipinski definition) is 6. The highest BCUT2D eigenvalue weighted by atomic mass is 16.6. The first-order valence-corrected chi connectivity index (χ1v) is 6.51. The number of carbonyl (C=O) groups is 1. The number of aromatic nitrogens is 1. The third-order valence-electron chi connectivity index (χ3n) is 3.14. The Morgan fingerprint density at radius 3 is 2.82 bits per heavy atom. The Morgan fingerprint density at radius 2 is 2.23 bits per heavy atom. The molecule has 0 saturated carbocycles. The van der Waals surface area contributed by atoms with E-state index >= 15 is 0 Å². The summed E-state index contributed by atoms with van der Waals surface area (Å²) < 4.78 is 11.2. The van der Waals surface area contributed by atoms with E-state index in [4.69, 9.17) is 4.42 Å². The fraction of sp³-hybridized carbons (Fsp3) is 0.286. The van der Waals surface area contributed by atoms with E-state index < -0.39 is 22.1 Å². The van der Waals surface area contributed by atoms with Crippen molar-refractivity contribution in [1.82, 2.24) is 4.57 Å². The molecule has 0 saturated heterocycles. The van der Waals surface area contributed by atoms with E-state index in [9.17, 15) is 19.7 Å². The average Bonchev–Trinajstić information content (AvgIpc) is 2.91. The standard InChI is InChI=1S/C14H14N2O6/c1-3-11-9(7-12(22-11)14(18)21-2)8-15-6-4-5-10(13(15)17)16(19)20/h4-7H,3,8H2,1-2H3. The highest BCUT2D eigenvalue weighted by Gasteiger charge is 2.18. The highest BCUT2D eigenvalue weighted by Crippen LogP contribution is 2.18.